The average molecular weight is 822 g/mol. The van der Waals surface area contributed by atoms with Crippen LogP contribution in [0.15, 0.2) is 12.2 Å². The lowest BCUT2D eigenvalue weighted by Crippen LogP contribution is -2.61. The van der Waals surface area contributed by atoms with Crippen LogP contribution in [0.1, 0.15) is 141 Å². The number of amides is 6. The Labute approximate surface area is 346 Å². The van der Waals surface area contributed by atoms with Crippen molar-refractivity contribution in [2.75, 3.05) is 13.1 Å². The molecule has 0 bridgehead atoms. The van der Waals surface area contributed by atoms with E-state index in [0.717, 1.165) is 0 Å². The molecule has 0 aliphatic carbocycles. The monoisotopic (exact) mass is 822 g/mol. The first kappa shape index (κ1) is 50.2. The Morgan fingerprint density at radius 1 is 0.862 bits per heavy atom. The van der Waals surface area contributed by atoms with Gasteiger partial charge in [-0.05, 0) is 106 Å². The molecule has 0 aromatic heterocycles. The maximum Gasteiger partial charge on any atom is 0.408 e. The van der Waals surface area contributed by atoms with Crippen LogP contribution in [0, 0.1) is 11.8 Å². The van der Waals surface area contributed by atoms with E-state index < -0.39 is 70.8 Å². The van der Waals surface area contributed by atoms with E-state index >= 15 is 0 Å². The number of rotatable bonds is 18. The molecule has 6 amide bonds. The molecule has 0 radical (unpaired) electrons. The summed E-state index contributed by atoms with van der Waals surface area (Å²) in [5.41, 5.74) is -1.81. The normalized spacial score (nSPS) is 20.1. The molecule has 0 saturated carbocycles. The number of nitrogens with zero attached hydrogens (tertiary/aromatic N) is 2. The molecule has 16 nitrogen and oxygen atoms in total. The van der Waals surface area contributed by atoms with E-state index in [4.69, 9.17) is 9.47 Å². The summed E-state index contributed by atoms with van der Waals surface area (Å²) >= 11 is 0. The minimum Gasteiger partial charge on any atom is -0.446 e. The molecule has 332 valence electrons. The number of carbonyl (C=O) groups excluding carboxylic acids is 6. The van der Waals surface area contributed by atoms with Gasteiger partial charge in [-0.15, -0.1) is 0 Å². The molecule has 0 aromatic carbocycles. The van der Waals surface area contributed by atoms with Crippen LogP contribution >= 0.6 is 0 Å². The van der Waals surface area contributed by atoms with Crippen molar-refractivity contribution in [1.82, 2.24) is 36.5 Å². The van der Waals surface area contributed by atoms with E-state index in [0.29, 0.717) is 45.1 Å². The predicted octanol–water partition coefficient (Wildman–Crippen LogP) is 4.93. The van der Waals surface area contributed by atoms with Gasteiger partial charge in [0, 0.05) is 49.5 Å². The first-order valence-corrected chi connectivity index (χ1v) is 21.0. The highest BCUT2D eigenvalue weighted by atomic mass is 16.6. The number of carbonyl (C=O) groups is 6. The van der Waals surface area contributed by atoms with E-state index in [9.17, 15) is 34.0 Å². The van der Waals surface area contributed by atoms with Crippen LogP contribution in [0.3, 0.4) is 0 Å². The molecule has 2 aliphatic rings. The topological polar surface area (TPSA) is 208 Å². The second-order valence-electron chi connectivity index (χ2n) is 19.2. The van der Waals surface area contributed by atoms with Gasteiger partial charge in [0.2, 0.25) is 23.6 Å². The lowest BCUT2D eigenvalue weighted by atomic mass is 9.80. The largest absolute Gasteiger partial charge is 0.446 e. The average Bonchev–Trinajstić information content (AvgIpc) is 3.56. The fraction of sp³-hybridized carbons (Fsp3) is 0.810. The summed E-state index contributed by atoms with van der Waals surface area (Å²) in [7, 11) is 0. The quantitative estimate of drug-likeness (QED) is 0.0812. The van der Waals surface area contributed by atoms with E-state index in [2.05, 4.69) is 26.6 Å². The van der Waals surface area contributed by atoms with Gasteiger partial charge in [-0.2, -0.15) is 5.06 Å². The van der Waals surface area contributed by atoms with Gasteiger partial charge in [-0.25, -0.2) is 9.59 Å². The number of ether oxygens (including phenoxy) is 2. The van der Waals surface area contributed by atoms with E-state index in [1.165, 1.54) is 9.96 Å². The SMILES string of the molecule is CC(C)C[C@@H](/C=C/CC(=O)N1CCC[C@H]1C(=O)N[C@H](C(=O)N[C@@H](CCCNC(=O)OC1CC(C)(C)N(O)C(C)(C)C1)C(=O)NC(C)C)C(C)C)NC(=O)OC(C)(C)C. The number of hydroxylamine groups is 2. The van der Waals surface area contributed by atoms with Crippen LogP contribution in [0.2, 0.25) is 0 Å². The van der Waals surface area contributed by atoms with Crippen molar-refractivity contribution in [2.45, 2.75) is 194 Å². The third kappa shape index (κ3) is 16.7. The van der Waals surface area contributed by atoms with Crippen LogP contribution in [0.5, 0.6) is 0 Å². The van der Waals surface area contributed by atoms with E-state index in [1.807, 2.05) is 55.4 Å². The first-order chi connectivity index (χ1) is 26.7. The van der Waals surface area contributed by atoms with Crippen LogP contribution in [0.25, 0.3) is 0 Å². The number of hydrogen-bond acceptors (Lipinski definition) is 10. The van der Waals surface area contributed by atoms with Crippen LogP contribution in [-0.2, 0) is 28.7 Å². The highest BCUT2D eigenvalue weighted by Crippen LogP contribution is 2.38. The van der Waals surface area contributed by atoms with Gasteiger partial charge in [-0.1, -0.05) is 39.8 Å². The van der Waals surface area contributed by atoms with Gasteiger partial charge in [0.15, 0.2) is 0 Å². The molecule has 2 heterocycles. The van der Waals surface area contributed by atoms with E-state index in [1.54, 1.807) is 46.8 Å². The summed E-state index contributed by atoms with van der Waals surface area (Å²) in [4.78, 5) is 80.7. The molecule has 2 rings (SSSR count). The Morgan fingerprint density at radius 3 is 2.03 bits per heavy atom. The number of alkyl carbamates (subject to hydrolysis) is 2. The minimum atomic E-state index is -0.984. The van der Waals surface area contributed by atoms with Gasteiger partial charge in [0.25, 0.3) is 0 Å². The third-order valence-corrected chi connectivity index (χ3v) is 10.1. The molecule has 16 heteroatoms. The second kappa shape index (κ2) is 21.9. The van der Waals surface area contributed by atoms with Crippen molar-refractivity contribution in [3.63, 3.8) is 0 Å². The summed E-state index contributed by atoms with van der Waals surface area (Å²) < 4.78 is 11.1. The van der Waals surface area contributed by atoms with Crippen molar-refractivity contribution < 1.29 is 43.4 Å². The molecule has 0 unspecified atom stereocenters. The third-order valence-electron chi connectivity index (χ3n) is 10.1. The molecule has 2 fully saturated rings. The Bertz CT molecular complexity index is 1420. The van der Waals surface area contributed by atoms with Crippen molar-refractivity contribution in [2.24, 2.45) is 11.8 Å². The number of nitrogens with one attached hydrogen (secondary N) is 5. The summed E-state index contributed by atoms with van der Waals surface area (Å²) in [6.07, 6.45) is 5.15. The maximum atomic E-state index is 13.7. The fourth-order valence-electron chi connectivity index (χ4n) is 7.59. The van der Waals surface area contributed by atoms with Crippen molar-refractivity contribution in [1.29, 1.82) is 0 Å². The summed E-state index contributed by atoms with van der Waals surface area (Å²) in [5.74, 6) is -1.69. The Hall–Kier alpha value is -3.92. The smallest absolute Gasteiger partial charge is 0.408 e. The highest BCUT2D eigenvalue weighted by Gasteiger charge is 2.46. The van der Waals surface area contributed by atoms with Crippen LogP contribution < -0.4 is 26.6 Å². The molecule has 2 saturated heterocycles. The highest BCUT2D eigenvalue weighted by molar-refractivity contribution is 5.94. The molecule has 58 heavy (non-hydrogen) atoms. The fourth-order valence-corrected chi connectivity index (χ4v) is 7.59. The lowest BCUT2D eigenvalue weighted by Gasteiger charge is -2.50. The van der Waals surface area contributed by atoms with E-state index in [-0.39, 0.29) is 49.2 Å². The Morgan fingerprint density at radius 2 is 1.48 bits per heavy atom. The van der Waals surface area contributed by atoms with Gasteiger partial charge in [0.05, 0.1) is 6.04 Å². The van der Waals surface area contributed by atoms with Gasteiger partial charge in [-0.3, -0.25) is 19.2 Å². The zero-order valence-electron chi connectivity index (χ0n) is 37.5. The van der Waals surface area contributed by atoms with Gasteiger partial charge in [0.1, 0.15) is 29.8 Å². The predicted molar refractivity (Wildman–Crippen MR) is 222 cm³/mol. The number of piperidine rings is 1. The second-order valence-corrected chi connectivity index (χ2v) is 19.2. The maximum absolute atomic E-state index is 13.7. The lowest BCUT2D eigenvalue weighted by molar-refractivity contribution is -0.256. The zero-order valence-corrected chi connectivity index (χ0v) is 37.5. The summed E-state index contributed by atoms with van der Waals surface area (Å²) in [6.45, 7) is 24.8. The van der Waals surface area contributed by atoms with Crippen LogP contribution in [0.4, 0.5) is 9.59 Å². The summed E-state index contributed by atoms with van der Waals surface area (Å²) in [5, 5.41) is 26.0. The molecule has 0 spiro atoms. The molecule has 6 N–H and O–H groups in total. The number of likely N-dealkylation sites (tertiary alicyclic amines) is 1. The standard InChI is InChI=1S/C42H75N7O9/c1-26(2)23-29(45-39(55)58-40(7,8)9)17-14-20-33(50)48-22-16-19-32(48)36(52)47-34(27(3)4)37(53)46-31(35(51)44-28(5)6)18-15-21-43-38(54)57-30-24-41(10,11)49(56)42(12,13)25-30/h14,17,26-32,34,56H,15-16,18-25H2,1-13H3,(H,43,54)(H,44,51)(H,45,55)(H,46,53)(H,47,52)/b17-14+/t29-,31+,32+,34+/m1/s1. The van der Waals surface area contributed by atoms with Crippen molar-refractivity contribution >= 4 is 35.8 Å². The Balaban J connectivity index is 2.02. The van der Waals surface area contributed by atoms with Gasteiger partial charge >= 0.3 is 12.2 Å². The first-order valence-electron chi connectivity index (χ1n) is 21.0. The molecular weight excluding hydrogens is 747 g/mol. The summed E-state index contributed by atoms with van der Waals surface area (Å²) in [6, 6.07) is -3.22. The van der Waals surface area contributed by atoms with Crippen molar-refractivity contribution in [3.05, 3.63) is 12.2 Å². The molecular formula is C42H75N7O9. The van der Waals surface area contributed by atoms with Crippen LogP contribution in [-0.4, -0.2) is 117 Å². The Kier molecular flexibility index (Phi) is 19.0. The van der Waals surface area contributed by atoms with Gasteiger partial charge < -0.3 is 46.2 Å². The zero-order chi connectivity index (χ0) is 44.2. The molecule has 2 aliphatic heterocycles. The minimum absolute atomic E-state index is 0.0289. The molecule has 4 atom stereocenters. The number of hydrogen-bond donors (Lipinski definition) is 6. The van der Waals surface area contributed by atoms with Crippen molar-refractivity contribution in [3.8, 4) is 0 Å². The molecule has 0 aromatic rings.